The fourth-order valence-electron chi connectivity index (χ4n) is 4.35. The Morgan fingerprint density at radius 1 is 1.23 bits per heavy atom. The van der Waals surface area contributed by atoms with Gasteiger partial charge in [0.25, 0.3) is 18.4 Å². The average molecular weight is 495 g/mol. The third-order valence-corrected chi connectivity index (χ3v) is 6.24. The number of pyridine rings is 1. The first-order chi connectivity index (χ1) is 16.5. The van der Waals surface area contributed by atoms with Crippen molar-refractivity contribution in [1.82, 2.24) is 19.4 Å². The lowest BCUT2D eigenvalue weighted by Crippen LogP contribution is -2.48. The number of halogens is 5. The zero-order valence-electron chi connectivity index (χ0n) is 18.9. The molecule has 1 aromatic carbocycles. The first kappa shape index (κ1) is 24.6. The Morgan fingerprint density at radius 3 is 2.60 bits per heavy atom. The highest BCUT2D eigenvalue weighted by molar-refractivity contribution is 5.88. The van der Waals surface area contributed by atoms with Gasteiger partial charge in [-0.3, -0.25) is 9.59 Å². The van der Waals surface area contributed by atoms with Gasteiger partial charge >= 0.3 is 0 Å². The van der Waals surface area contributed by atoms with Gasteiger partial charge < -0.3 is 14.8 Å². The Morgan fingerprint density at radius 2 is 1.97 bits per heavy atom. The summed E-state index contributed by atoms with van der Waals surface area (Å²) in [5.41, 5.74) is -3.26. The van der Waals surface area contributed by atoms with E-state index in [1.165, 1.54) is 30.2 Å². The Labute approximate surface area is 196 Å². The van der Waals surface area contributed by atoms with Crippen molar-refractivity contribution in [2.24, 2.45) is 0 Å². The number of hydrogen-bond donors (Lipinski definition) is 1. The van der Waals surface area contributed by atoms with Crippen LogP contribution < -0.4 is 10.9 Å². The van der Waals surface area contributed by atoms with Gasteiger partial charge in [-0.1, -0.05) is 18.2 Å². The zero-order chi connectivity index (χ0) is 25.5. The fraction of sp³-hybridized carbons (Fsp3) is 0.391. The number of aryl methyl sites for hydroxylation is 1. The summed E-state index contributed by atoms with van der Waals surface area (Å²) in [4.78, 5) is 34.4. The van der Waals surface area contributed by atoms with E-state index in [-0.39, 0.29) is 60.1 Å². The number of nitrogens with zero attached hydrogens (tertiary/aromatic N) is 4. The van der Waals surface area contributed by atoms with Crippen LogP contribution in [-0.2, 0) is 16.9 Å². The average Bonchev–Trinajstić information content (AvgIpc) is 3.24. The molecule has 1 N–H and O–H groups in total. The van der Waals surface area contributed by atoms with Crippen LogP contribution in [0.2, 0.25) is 0 Å². The summed E-state index contributed by atoms with van der Waals surface area (Å²) < 4.78 is 70.1. The smallest absolute Gasteiger partial charge is 0.266 e. The molecule has 1 atom stereocenters. The van der Waals surface area contributed by atoms with Crippen LogP contribution in [0.5, 0.6) is 0 Å². The number of benzene rings is 1. The number of aromatic nitrogens is 3. The molecule has 35 heavy (non-hydrogen) atoms. The van der Waals surface area contributed by atoms with Gasteiger partial charge in [0.2, 0.25) is 5.91 Å². The molecule has 7 nitrogen and oxygen atoms in total. The van der Waals surface area contributed by atoms with Gasteiger partial charge in [0.1, 0.15) is 23.0 Å². The summed E-state index contributed by atoms with van der Waals surface area (Å²) in [6, 6.07) is 4.73. The quantitative estimate of drug-likeness (QED) is 0.523. The number of amides is 1. The Balaban J connectivity index is 1.78. The second-order valence-corrected chi connectivity index (χ2v) is 8.47. The molecular weight excluding hydrogens is 473 g/mol. The van der Waals surface area contributed by atoms with Crippen molar-refractivity contribution in [2.45, 2.75) is 45.2 Å². The number of hydrogen-bond acceptors (Lipinski definition) is 5. The van der Waals surface area contributed by atoms with E-state index < -0.39 is 35.3 Å². The van der Waals surface area contributed by atoms with Gasteiger partial charge in [-0.15, -0.1) is 0 Å². The molecule has 0 spiro atoms. The first-order valence-electron chi connectivity index (χ1n) is 10.8. The van der Waals surface area contributed by atoms with Crippen molar-refractivity contribution in [3.63, 3.8) is 0 Å². The third kappa shape index (κ3) is 4.44. The lowest BCUT2D eigenvalue weighted by molar-refractivity contribution is -0.128. The highest BCUT2D eigenvalue weighted by atomic mass is 19.3. The summed E-state index contributed by atoms with van der Waals surface area (Å²) in [7, 11) is 0. The first-order valence-corrected chi connectivity index (χ1v) is 10.8. The van der Waals surface area contributed by atoms with Crippen molar-refractivity contribution < 1.29 is 26.7 Å². The lowest BCUT2D eigenvalue weighted by Gasteiger charge is -2.31. The van der Waals surface area contributed by atoms with E-state index in [2.05, 4.69) is 15.3 Å². The number of carbonyl (C=O) groups is 1. The molecule has 1 aliphatic heterocycles. The van der Waals surface area contributed by atoms with Gasteiger partial charge in [0.15, 0.2) is 0 Å². The number of nitrogens with one attached hydrogen (secondary N) is 1. The minimum atomic E-state index is -2.99. The predicted molar refractivity (Wildman–Crippen MR) is 118 cm³/mol. The Bertz CT molecular complexity index is 1350. The van der Waals surface area contributed by atoms with Gasteiger partial charge in [0.05, 0.1) is 16.5 Å². The van der Waals surface area contributed by atoms with Crippen LogP contribution in [-0.4, -0.2) is 44.9 Å². The molecule has 0 saturated carbocycles. The highest BCUT2D eigenvalue weighted by Gasteiger charge is 2.49. The second-order valence-electron chi connectivity index (χ2n) is 8.47. The van der Waals surface area contributed by atoms with E-state index in [4.69, 9.17) is 0 Å². The predicted octanol–water partition coefficient (Wildman–Crippen LogP) is 4.00. The minimum Gasteiger partial charge on any atom is -0.365 e. The minimum absolute atomic E-state index is 0.0440. The summed E-state index contributed by atoms with van der Waals surface area (Å²) in [5, 5.41) is 3.06. The van der Waals surface area contributed by atoms with Crippen LogP contribution >= 0.6 is 0 Å². The largest absolute Gasteiger partial charge is 0.365 e. The Kier molecular flexibility index (Phi) is 6.48. The maximum absolute atomic E-state index is 14.5. The van der Waals surface area contributed by atoms with Gasteiger partial charge in [0, 0.05) is 44.4 Å². The van der Waals surface area contributed by atoms with E-state index in [9.17, 15) is 31.5 Å². The molecule has 2 aromatic heterocycles. The van der Waals surface area contributed by atoms with E-state index in [0.717, 1.165) is 16.7 Å². The van der Waals surface area contributed by atoms with Crippen molar-refractivity contribution in [3.05, 3.63) is 63.6 Å². The van der Waals surface area contributed by atoms with E-state index >= 15 is 0 Å². The molecule has 1 saturated heterocycles. The number of alkyl halides is 4. The van der Waals surface area contributed by atoms with Crippen LogP contribution in [0.1, 0.15) is 36.7 Å². The lowest BCUT2D eigenvalue weighted by atomic mass is 9.98. The highest BCUT2D eigenvalue weighted by Crippen LogP contribution is 2.35. The number of anilines is 1. The molecule has 4 rings (SSSR count). The van der Waals surface area contributed by atoms with E-state index in [1.54, 1.807) is 6.92 Å². The molecule has 1 aliphatic rings. The Hall–Kier alpha value is -3.57. The molecule has 12 heteroatoms. The number of likely N-dealkylation sites (tertiary alicyclic amines) is 1. The van der Waals surface area contributed by atoms with Gasteiger partial charge in [-0.2, -0.15) is 0 Å². The van der Waals surface area contributed by atoms with Crippen LogP contribution in [0.3, 0.4) is 0 Å². The van der Waals surface area contributed by atoms with Gasteiger partial charge in [-0.05, 0) is 13.3 Å². The molecule has 0 aliphatic carbocycles. The topological polar surface area (TPSA) is 80.1 Å². The number of rotatable bonds is 6. The molecule has 3 heterocycles. The second kappa shape index (κ2) is 9.23. The van der Waals surface area contributed by atoms with Crippen molar-refractivity contribution in [3.8, 4) is 0 Å². The van der Waals surface area contributed by atoms with Gasteiger partial charge in [-0.25, -0.2) is 31.9 Å². The molecule has 1 amide bonds. The van der Waals surface area contributed by atoms with Crippen molar-refractivity contribution >= 4 is 22.6 Å². The molecular formula is C23H22F5N5O2. The maximum atomic E-state index is 14.5. The van der Waals surface area contributed by atoms with Crippen LogP contribution in [0, 0.1) is 12.7 Å². The fourth-order valence-corrected chi connectivity index (χ4v) is 4.35. The number of fused-ring (bicyclic) bond motifs is 1. The molecule has 1 unspecified atom stereocenters. The third-order valence-electron chi connectivity index (χ3n) is 6.24. The van der Waals surface area contributed by atoms with Crippen LogP contribution in [0.25, 0.3) is 10.9 Å². The molecule has 0 radical (unpaired) electrons. The van der Waals surface area contributed by atoms with Crippen LogP contribution in [0.4, 0.5) is 27.8 Å². The maximum Gasteiger partial charge on any atom is 0.266 e. The molecule has 186 valence electrons. The van der Waals surface area contributed by atoms with E-state index in [1.807, 2.05) is 0 Å². The zero-order valence-corrected chi connectivity index (χ0v) is 18.9. The molecule has 1 fully saturated rings. The monoisotopic (exact) mass is 495 g/mol. The van der Waals surface area contributed by atoms with E-state index in [0.29, 0.717) is 0 Å². The SMILES string of the molecule is CC(=O)N1CCC(C(F)F)(n2cc3c(NCc4cccc(C(F)F)c4F)nc(C)nc3cc2=O)C1. The van der Waals surface area contributed by atoms with Crippen LogP contribution in [0.15, 0.2) is 35.3 Å². The summed E-state index contributed by atoms with van der Waals surface area (Å²) in [6.07, 6.45) is -4.85. The molecule has 3 aromatic rings. The normalized spacial score (nSPS) is 18.1. The summed E-state index contributed by atoms with van der Waals surface area (Å²) >= 11 is 0. The summed E-state index contributed by atoms with van der Waals surface area (Å²) in [5.74, 6) is -1.07. The molecule has 0 bridgehead atoms. The van der Waals surface area contributed by atoms with Crippen molar-refractivity contribution in [1.29, 1.82) is 0 Å². The standard InChI is InChI=1S/C23H22F5N5O2/c1-12-30-17-8-18(35)33(23(22(27)28)6-7-32(11-23)13(2)34)10-16(17)21(31-12)29-9-14-4-3-5-15(19(14)24)20(25)26/h3-5,8,10,20,22H,6-7,9,11H2,1-2H3,(H,29,30,31). The summed E-state index contributed by atoms with van der Waals surface area (Å²) in [6.45, 7) is 2.32. The number of carbonyl (C=O) groups excluding carboxylic acids is 1. The van der Waals surface area contributed by atoms with Crippen molar-refractivity contribution in [2.75, 3.05) is 18.4 Å².